The molecule has 108 valence electrons. The number of hydrogen-bond donors (Lipinski definition) is 0. The first-order chi connectivity index (χ1) is 9.97. The van der Waals surface area contributed by atoms with Crippen LogP contribution in [0.5, 0.6) is 0 Å². The molecule has 0 aliphatic rings. The zero-order chi connectivity index (χ0) is 15.4. The summed E-state index contributed by atoms with van der Waals surface area (Å²) in [6, 6.07) is 12.3. The number of rotatable bonds is 4. The molecule has 0 fully saturated rings. The number of anilines is 1. The molecular weight excluding hydrogens is 290 g/mol. The van der Waals surface area contributed by atoms with Gasteiger partial charge in [0.25, 0.3) is 5.69 Å². The molecule has 0 aromatic heterocycles. The maximum absolute atomic E-state index is 10.8. The number of halogens is 1. The number of nitro benzene ring substituents is 1. The molecule has 0 atom stereocenters. The number of aliphatic imine (C=N–C) groups is 1. The molecule has 0 N–H and O–H groups in total. The van der Waals surface area contributed by atoms with Gasteiger partial charge in [0.2, 0.25) is 0 Å². The van der Waals surface area contributed by atoms with Crippen molar-refractivity contribution in [3.63, 3.8) is 0 Å². The normalized spacial score (nSPS) is 10.8. The van der Waals surface area contributed by atoms with Gasteiger partial charge in [-0.1, -0.05) is 23.7 Å². The summed E-state index contributed by atoms with van der Waals surface area (Å²) in [5.74, 6) is 0. The van der Waals surface area contributed by atoms with E-state index in [0.29, 0.717) is 5.69 Å². The fourth-order valence-electron chi connectivity index (χ4n) is 1.73. The lowest BCUT2D eigenvalue weighted by atomic mass is 10.2. The van der Waals surface area contributed by atoms with E-state index in [0.717, 1.165) is 11.3 Å². The minimum Gasteiger partial charge on any atom is -0.378 e. The lowest BCUT2D eigenvalue weighted by molar-refractivity contribution is -0.384. The van der Waals surface area contributed by atoms with Crippen molar-refractivity contribution in [2.75, 3.05) is 19.0 Å². The van der Waals surface area contributed by atoms with Crippen molar-refractivity contribution in [2.24, 2.45) is 4.99 Å². The molecule has 2 rings (SSSR count). The van der Waals surface area contributed by atoms with Crippen molar-refractivity contribution in [3.8, 4) is 0 Å². The molecule has 2 aromatic rings. The number of hydrogen-bond acceptors (Lipinski definition) is 4. The van der Waals surface area contributed by atoms with Crippen LogP contribution >= 0.6 is 11.6 Å². The van der Waals surface area contributed by atoms with E-state index in [9.17, 15) is 10.1 Å². The van der Waals surface area contributed by atoms with Gasteiger partial charge < -0.3 is 4.90 Å². The second-order valence-corrected chi connectivity index (χ2v) is 5.04. The van der Waals surface area contributed by atoms with Gasteiger partial charge in [-0.15, -0.1) is 0 Å². The Morgan fingerprint density at radius 1 is 1.19 bits per heavy atom. The first-order valence-electron chi connectivity index (χ1n) is 6.23. The third kappa shape index (κ3) is 3.79. The maximum Gasteiger partial charge on any atom is 0.290 e. The molecule has 0 amide bonds. The van der Waals surface area contributed by atoms with Crippen molar-refractivity contribution >= 4 is 34.9 Å². The molecule has 2 aromatic carbocycles. The standard InChI is InChI=1S/C15H14ClN3O2/c1-18(2)13-6-3-11(4-7-13)10-17-12-5-8-14(16)15(9-12)19(20)21/h3-10H,1-2H3. The summed E-state index contributed by atoms with van der Waals surface area (Å²) in [7, 11) is 3.94. The average molecular weight is 304 g/mol. The minimum atomic E-state index is -0.521. The third-order valence-electron chi connectivity index (χ3n) is 2.90. The second-order valence-electron chi connectivity index (χ2n) is 4.64. The quantitative estimate of drug-likeness (QED) is 0.486. The summed E-state index contributed by atoms with van der Waals surface area (Å²) in [5.41, 5.74) is 2.35. The van der Waals surface area contributed by atoms with Crippen LogP contribution < -0.4 is 4.90 Å². The van der Waals surface area contributed by atoms with Gasteiger partial charge >= 0.3 is 0 Å². The van der Waals surface area contributed by atoms with E-state index >= 15 is 0 Å². The van der Waals surface area contributed by atoms with Crippen molar-refractivity contribution in [3.05, 3.63) is 63.2 Å². The highest BCUT2D eigenvalue weighted by molar-refractivity contribution is 6.32. The van der Waals surface area contributed by atoms with Gasteiger partial charge in [-0.2, -0.15) is 0 Å². The van der Waals surface area contributed by atoms with Crippen molar-refractivity contribution < 1.29 is 4.92 Å². The lowest BCUT2D eigenvalue weighted by Crippen LogP contribution is -2.08. The predicted octanol–water partition coefficient (Wildman–Crippen LogP) is 4.06. The molecule has 0 heterocycles. The van der Waals surface area contributed by atoms with Crippen LogP contribution in [0, 0.1) is 10.1 Å². The average Bonchev–Trinajstić information content (AvgIpc) is 2.46. The molecule has 0 aliphatic heterocycles. The summed E-state index contributed by atoms with van der Waals surface area (Å²) in [4.78, 5) is 16.5. The van der Waals surface area contributed by atoms with E-state index in [1.807, 2.05) is 43.3 Å². The van der Waals surface area contributed by atoms with Crippen LogP contribution in [0.3, 0.4) is 0 Å². The van der Waals surface area contributed by atoms with Crippen LogP contribution in [0.25, 0.3) is 0 Å². The molecule has 6 heteroatoms. The highest BCUT2D eigenvalue weighted by atomic mass is 35.5. The third-order valence-corrected chi connectivity index (χ3v) is 3.22. The van der Waals surface area contributed by atoms with Gasteiger partial charge in [0.15, 0.2) is 0 Å². The Morgan fingerprint density at radius 3 is 2.43 bits per heavy atom. The van der Waals surface area contributed by atoms with Crippen LogP contribution in [0.4, 0.5) is 17.1 Å². The van der Waals surface area contributed by atoms with E-state index < -0.39 is 4.92 Å². The second kappa shape index (κ2) is 6.37. The van der Waals surface area contributed by atoms with Gasteiger partial charge in [-0.05, 0) is 29.8 Å². The van der Waals surface area contributed by atoms with Crippen LogP contribution in [-0.2, 0) is 0 Å². The van der Waals surface area contributed by atoms with Crippen LogP contribution in [0.1, 0.15) is 5.56 Å². The fourth-order valence-corrected chi connectivity index (χ4v) is 1.92. The van der Waals surface area contributed by atoms with E-state index in [2.05, 4.69) is 4.99 Å². The molecule has 0 aliphatic carbocycles. The minimum absolute atomic E-state index is 0.106. The van der Waals surface area contributed by atoms with E-state index in [1.165, 1.54) is 12.1 Å². The maximum atomic E-state index is 10.8. The molecule has 0 saturated carbocycles. The van der Waals surface area contributed by atoms with Gasteiger partial charge in [0, 0.05) is 32.1 Å². The molecule has 0 radical (unpaired) electrons. The zero-order valence-electron chi connectivity index (χ0n) is 11.7. The molecular formula is C15H14ClN3O2. The SMILES string of the molecule is CN(C)c1ccc(C=Nc2ccc(Cl)c([N+](=O)[O-])c2)cc1. The van der Waals surface area contributed by atoms with Gasteiger partial charge in [-0.25, -0.2) is 0 Å². The Labute approximate surface area is 127 Å². The highest BCUT2D eigenvalue weighted by Gasteiger charge is 2.11. The van der Waals surface area contributed by atoms with Crippen LogP contribution in [0.15, 0.2) is 47.5 Å². The lowest BCUT2D eigenvalue weighted by Gasteiger charge is -2.11. The molecule has 0 unspecified atom stereocenters. The van der Waals surface area contributed by atoms with Gasteiger partial charge in [-0.3, -0.25) is 15.1 Å². The summed E-state index contributed by atoms with van der Waals surface area (Å²) < 4.78 is 0. The number of nitro groups is 1. The number of nitrogens with zero attached hydrogens (tertiary/aromatic N) is 3. The Balaban J connectivity index is 2.21. The summed E-state index contributed by atoms with van der Waals surface area (Å²) in [6.45, 7) is 0. The molecule has 0 saturated heterocycles. The molecule has 5 nitrogen and oxygen atoms in total. The smallest absolute Gasteiger partial charge is 0.290 e. The Morgan fingerprint density at radius 2 is 1.86 bits per heavy atom. The Bertz CT molecular complexity index is 682. The van der Waals surface area contributed by atoms with E-state index in [1.54, 1.807) is 12.3 Å². The van der Waals surface area contributed by atoms with E-state index in [4.69, 9.17) is 11.6 Å². The topological polar surface area (TPSA) is 58.7 Å². The van der Waals surface area contributed by atoms with Crippen LogP contribution in [0.2, 0.25) is 5.02 Å². The fraction of sp³-hybridized carbons (Fsp3) is 0.133. The molecule has 21 heavy (non-hydrogen) atoms. The summed E-state index contributed by atoms with van der Waals surface area (Å²) in [5, 5.41) is 10.9. The number of benzene rings is 2. The largest absolute Gasteiger partial charge is 0.378 e. The Kier molecular flexibility index (Phi) is 4.55. The van der Waals surface area contributed by atoms with Crippen LogP contribution in [-0.4, -0.2) is 25.2 Å². The van der Waals surface area contributed by atoms with E-state index in [-0.39, 0.29) is 10.7 Å². The molecule has 0 bridgehead atoms. The molecule has 0 spiro atoms. The zero-order valence-corrected chi connectivity index (χ0v) is 12.4. The predicted molar refractivity (Wildman–Crippen MR) is 86.1 cm³/mol. The first-order valence-corrected chi connectivity index (χ1v) is 6.60. The highest BCUT2D eigenvalue weighted by Crippen LogP contribution is 2.28. The van der Waals surface area contributed by atoms with Gasteiger partial charge in [0.1, 0.15) is 5.02 Å². The van der Waals surface area contributed by atoms with Crippen molar-refractivity contribution in [1.82, 2.24) is 0 Å². The first kappa shape index (κ1) is 15.0. The summed E-state index contributed by atoms with van der Waals surface area (Å²) >= 11 is 5.76. The summed E-state index contributed by atoms with van der Waals surface area (Å²) in [6.07, 6.45) is 1.66. The van der Waals surface area contributed by atoms with Crippen molar-refractivity contribution in [2.45, 2.75) is 0 Å². The Hall–Kier alpha value is -2.40. The monoisotopic (exact) mass is 303 g/mol. The van der Waals surface area contributed by atoms with Crippen molar-refractivity contribution in [1.29, 1.82) is 0 Å². The van der Waals surface area contributed by atoms with Gasteiger partial charge in [0.05, 0.1) is 10.6 Å².